The second-order valence-electron chi connectivity index (χ2n) is 11.4. The van der Waals surface area contributed by atoms with Crippen molar-refractivity contribution in [2.24, 2.45) is 5.41 Å². The molecule has 7 nitrogen and oxygen atoms in total. The largest absolute Gasteiger partial charge is 0.352 e. The first-order chi connectivity index (χ1) is 18.1. The first-order valence-electron chi connectivity index (χ1n) is 13.2. The van der Waals surface area contributed by atoms with Crippen molar-refractivity contribution in [2.45, 2.75) is 47.5 Å². The number of fused-ring (bicyclic) bond motifs is 1. The lowest BCUT2D eigenvalue weighted by molar-refractivity contribution is -0.133. The fourth-order valence-corrected chi connectivity index (χ4v) is 4.90. The van der Waals surface area contributed by atoms with Gasteiger partial charge in [0, 0.05) is 39.0 Å². The van der Waals surface area contributed by atoms with Gasteiger partial charge in [0.25, 0.3) is 0 Å². The molecular weight excluding hydrogens is 479 g/mol. The number of aromatic nitrogens is 4. The van der Waals surface area contributed by atoms with Crippen LogP contribution in [0.15, 0.2) is 48.5 Å². The fourth-order valence-electron chi connectivity index (χ4n) is 4.90. The minimum atomic E-state index is -0.295. The van der Waals surface area contributed by atoms with Crippen LogP contribution in [0.25, 0.3) is 16.7 Å². The zero-order chi connectivity index (χ0) is 27.0. The summed E-state index contributed by atoms with van der Waals surface area (Å²) in [5.74, 6) is 1.44. The van der Waals surface area contributed by atoms with Gasteiger partial charge < -0.3 is 9.80 Å². The summed E-state index contributed by atoms with van der Waals surface area (Å²) >= 11 is 0. The number of rotatable bonds is 5. The van der Waals surface area contributed by atoms with Crippen LogP contribution >= 0.6 is 0 Å². The Balaban J connectivity index is 1.52. The number of halogens is 1. The summed E-state index contributed by atoms with van der Waals surface area (Å²) in [6.45, 7) is 13.0. The van der Waals surface area contributed by atoms with Gasteiger partial charge in [-0.25, -0.2) is 19.0 Å². The number of carbonyl (C=O) groups is 1. The normalized spacial score (nSPS) is 14.4. The summed E-state index contributed by atoms with van der Waals surface area (Å²) in [7, 11) is 0. The molecule has 1 amide bonds. The molecule has 0 unspecified atom stereocenters. The Bertz CT molecular complexity index is 1450. The third-order valence-electron chi connectivity index (χ3n) is 6.90. The molecule has 4 aromatic rings. The topological polar surface area (TPSA) is 67.2 Å². The van der Waals surface area contributed by atoms with E-state index in [1.165, 1.54) is 17.7 Å². The Labute approximate surface area is 223 Å². The number of aryl methyl sites for hydroxylation is 2. The third kappa shape index (κ3) is 5.54. The van der Waals surface area contributed by atoms with Crippen molar-refractivity contribution in [1.82, 2.24) is 24.6 Å². The van der Waals surface area contributed by atoms with Crippen LogP contribution < -0.4 is 4.90 Å². The van der Waals surface area contributed by atoms with Gasteiger partial charge in [0.2, 0.25) is 5.91 Å². The Morgan fingerprint density at radius 1 is 0.921 bits per heavy atom. The van der Waals surface area contributed by atoms with E-state index in [1.807, 2.05) is 11.8 Å². The van der Waals surface area contributed by atoms with Crippen molar-refractivity contribution in [3.63, 3.8) is 0 Å². The minimum absolute atomic E-state index is 0.0377. The number of anilines is 1. The zero-order valence-corrected chi connectivity index (χ0v) is 22.8. The lowest BCUT2D eigenvalue weighted by Gasteiger charge is -2.36. The van der Waals surface area contributed by atoms with Gasteiger partial charge >= 0.3 is 0 Å². The molecule has 0 aliphatic carbocycles. The summed E-state index contributed by atoms with van der Waals surface area (Å²) in [4.78, 5) is 27.0. The Hall–Kier alpha value is -3.81. The summed E-state index contributed by atoms with van der Waals surface area (Å²) < 4.78 is 15.4. The van der Waals surface area contributed by atoms with Crippen molar-refractivity contribution in [3.8, 4) is 5.69 Å². The van der Waals surface area contributed by atoms with E-state index < -0.39 is 0 Å². The van der Waals surface area contributed by atoms with Gasteiger partial charge in [-0.15, -0.1) is 0 Å². The number of hydrogen-bond donors (Lipinski definition) is 0. The minimum Gasteiger partial charge on any atom is -0.352 e. The molecule has 1 saturated heterocycles. The molecule has 5 rings (SSSR count). The highest BCUT2D eigenvalue weighted by Crippen LogP contribution is 2.31. The van der Waals surface area contributed by atoms with Gasteiger partial charge in [-0.1, -0.05) is 50.6 Å². The molecule has 38 heavy (non-hydrogen) atoms. The fraction of sp³-hybridized carbons (Fsp3) is 0.400. The maximum Gasteiger partial charge on any atom is 0.223 e. The van der Waals surface area contributed by atoms with Gasteiger partial charge in [0.15, 0.2) is 5.65 Å². The maximum absolute atomic E-state index is 13.7. The molecule has 8 heteroatoms. The monoisotopic (exact) mass is 514 g/mol. The molecule has 0 atom stereocenters. The molecule has 0 N–H and O–H groups in total. The van der Waals surface area contributed by atoms with E-state index in [1.54, 1.807) is 16.8 Å². The summed E-state index contributed by atoms with van der Waals surface area (Å²) in [5.41, 5.74) is 4.55. The van der Waals surface area contributed by atoms with E-state index in [9.17, 15) is 9.18 Å². The van der Waals surface area contributed by atoms with Crippen LogP contribution in [-0.2, 0) is 11.2 Å². The van der Waals surface area contributed by atoms with E-state index in [0.29, 0.717) is 50.5 Å². The Kier molecular flexibility index (Phi) is 6.90. The van der Waals surface area contributed by atoms with Crippen LogP contribution in [0.3, 0.4) is 0 Å². The Morgan fingerprint density at radius 3 is 2.21 bits per heavy atom. The SMILES string of the molecule is Cc1ccc(Cc2nc(N3CCN(C(=O)CC(C)(C)C)CC3)c3c(C)nn(-c4ccc(F)cc4)c3n2)cc1. The first-order valence-corrected chi connectivity index (χ1v) is 13.2. The molecule has 3 heterocycles. The molecule has 0 saturated carbocycles. The quantitative estimate of drug-likeness (QED) is 0.364. The van der Waals surface area contributed by atoms with E-state index >= 15 is 0 Å². The number of piperazine rings is 1. The van der Waals surface area contributed by atoms with E-state index in [4.69, 9.17) is 15.1 Å². The van der Waals surface area contributed by atoms with Crippen LogP contribution in [0.1, 0.15) is 49.8 Å². The number of hydrogen-bond acceptors (Lipinski definition) is 5. The smallest absolute Gasteiger partial charge is 0.223 e. The molecular formula is C30H35FN6O. The second kappa shape index (κ2) is 10.2. The van der Waals surface area contributed by atoms with Gasteiger partial charge in [-0.3, -0.25) is 4.79 Å². The van der Waals surface area contributed by atoms with Crippen molar-refractivity contribution < 1.29 is 9.18 Å². The molecule has 198 valence electrons. The van der Waals surface area contributed by atoms with Crippen LogP contribution in [-0.4, -0.2) is 56.7 Å². The molecule has 1 aliphatic heterocycles. The van der Waals surface area contributed by atoms with Crippen molar-refractivity contribution in [2.75, 3.05) is 31.1 Å². The highest BCUT2D eigenvalue weighted by molar-refractivity contribution is 5.91. The lowest BCUT2D eigenvalue weighted by atomic mass is 9.91. The average molecular weight is 515 g/mol. The predicted octanol–water partition coefficient (Wildman–Crippen LogP) is 5.25. The van der Waals surface area contributed by atoms with Gasteiger partial charge in [-0.05, 0) is 49.1 Å². The second-order valence-corrected chi connectivity index (χ2v) is 11.4. The van der Waals surface area contributed by atoms with Crippen LogP contribution in [0, 0.1) is 25.1 Å². The van der Waals surface area contributed by atoms with Crippen molar-refractivity contribution >= 4 is 22.8 Å². The average Bonchev–Trinajstić information content (AvgIpc) is 3.21. The van der Waals surface area contributed by atoms with Crippen LogP contribution in [0.2, 0.25) is 0 Å². The Morgan fingerprint density at radius 2 is 1.58 bits per heavy atom. The first kappa shape index (κ1) is 25.8. The van der Waals surface area contributed by atoms with Crippen LogP contribution in [0.4, 0.5) is 10.2 Å². The predicted molar refractivity (Wildman–Crippen MR) is 148 cm³/mol. The maximum atomic E-state index is 13.7. The highest BCUT2D eigenvalue weighted by atomic mass is 19.1. The molecule has 0 spiro atoms. The summed E-state index contributed by atoms with van der Waals surface area (Å²) in [6.07, 6.45) is 1.12. The van der Waals surface area contributed by atoms with E-state index in [-0.39, 0.29) is 17.1 Å². The number of amides is 1. The number of nitrogens with zero attached hydrogens (tertiary/aromatic N) is 6. The number of benzene rings is 2. The molecule has 0 bridgehead atoms. The molecule has 2 aromatic carbocycles. The van der Waals surface area contributed by atoms with E-state index in [2.05, 4.69) is 56.9 Å². The number of carbonyl (C=O) groups excluding carboxylic acids is 1. The molecule has 0 radical (unpaired) electrons. The van der Waals surface area contributed by atoms with Gasteiger partial charge in [0.05, 0.1) is 16.8 Å². The molecule has 1 fully saturated rings. The van der Waals surface area contributed by atoms with Crippen molar-refractivity contribution in [3.05, 3.63) is 77.0 Å². The van der Waals surface area contributed by atoms with Crippen LogP contribution in [0.5, 0.6) is 0 Å². The molecule has 1 aliphatic rings. The van der Waals surface area contributed by atoms with Gasteiger partial charge in [-0.2, -0.15) is 5.10 Å². The standard InChI is InChI=1S/C30H35FN6O/c1-20-6-8-22(9-7-20)18-25-32-28(36-16-14-35(15-17-36)26(38)19-30(3,4)5)27-21(2)34-37(29(27)33-25)24-12-10-23(31)11-13-24/h6-13H,14-19H2,1-5H3. The van der Waals surface area contributed by atoms with Gasteiger partial charge in [0.1, 0.15) is 17.5 Å². The van der Waals surface area contributed by atoms with E-state index in [0.717, 1.165) is 28.1 Å². The summed E-state index contributed by atoms with van der Waals surface area (Å²) in [5, 5.41) is 5.67. The highest BCUT2D eigenvalue weighted by Gasteiger charge is 2.28. The summed E-state index contributed by atoms with van der Waals surface area (Å²) in [6, 6.07) is 14.7. The molecule has 2 aromatic heterocycles. The van der Waals surface area contributed by atoms with Crippen molar-refractivity contribution in [1.29, 1.82) is 0 Å². The zero-order valence-electron chi connectivity index (χ0n) is 22.8. The lowest BCUT2D eigenvalue weighted by Crippen LogP contribution is -2.49. The third-order valence-corrected chi connectivity index (χ3v) is 6.90.